The van der Waals surface area contributed by atoms with E-state index >= 15 is 0 Å². The van der Waals surface area contributed by atoms with Gasteiger partial charge in [-0.25, -0.2) is 0 Å². The molecule has 20 heavy (non-hydrogen) atoms. The van der Waals surface area contributed by atoms with Gasteiger partial charge in [0, 0.05) is 6.42 Å². The molecule has 0 radical (unpaired) electrons. The smallest absolute Gasteiger partial charge is 0.158 e. The van der Waals surface area contributed by atoms with Gasteiger partial charge in [0.1, 0.15) is 0 Å². The van der Waals surface area contributed by atoms with Crippen LogP contribution in [0.1, 0.15) is 103 Å². The molecule has 0 amide bonds. The van der Waals surface area contributed by atoms with Crippen LogP contribution in [0, 0.1) is 0 Å². The molecule has 1 aliphatic rings. The van der Waals surface area contributed by atoms with Crippen LogP contribution in [-0.4, -0.2) is 5.78 Å². The summed E-state index contributed by atoms with van der Waals surface area (Å²) in [6.45, 7) is 2.27. The SMILES string of the molecule is CCCCCCCCCCCCC1=CCCCCC1=O. The van der Waals surface area contributed by atoms with Gasteiger partial charge in [-0.1, -0.05) is 70.8 Å². The maximum Gasteiger partial charge on any atom is 0.158 e. The van der Waals surface area contributed by atoms with E-state index in [0.29, 0.717) is 5.78 Å². The summed E-state index contributed by atoms with van der Waals surface area (Å²) in [5.74, 6) is 0.429. The molecule has 1 nitrogen and oxygen atoms in total. The van der Waals surface area contributed by atoms with Crippen molar-refractivity contribution in [3.8, 4) is 0 Å². The van der Waals surface area contributed by atoms with Crippen molar-refractivity contribution in [2.75, 3.05) is 0 Å². The van der Waals surface area contributed by atoms with Crippen LogP contribution in [0.3, 0.4) is 0 Å². The fourth-order valence-electron chi connectivity index (χ4n) is 3.02. The van der Waals surface area contributed by atoms with Gasteiger partial charge in [0.2, 0.25) is 0 Å². The first-order chi connectivity index (χ1) is 9.84. The summed E-state index contributed by atoms with van der Waals surface area (Å²) in [5, 5.41) is 0. The van der Waals surface area contributed by atoms with E-state index < -0.39 is 0 Å². The highest BCUT2D eigenvalue weighted by atomic mass is 16.1. The zero-order chi connectivity index (χ0) is 14.5. The van der Waals surface area contributed by atoms with Crippen molar-refractivity contribution in [2.45, 2.75) is 103 Å². The summed E-state index contributed by atoms with van der Waals surface area (Å²) in [7, 11) is 0. The van der Waals surface area contributed by atoms with E-state index in [9.17, 15) is 4.79 Å². The Hall–Kier alpha value is -0.590. The first-order valence-electron chi connectivity index (χ1n) is 9.07. The number of Topliss-reactive ketones (excluding diaryl/α,β-unsaturated/α-hetero) is 1. The van der Waals surface area contributed by atoms with Gasteiger partial charge < -0.3 is 0 Å². The lowest BCUT2D eigenvalue weighted by atomic mass is 10.0. The molecule has 0 fully saturated rings. The molecule has 0 bridgehead atoms. The Morgan fingerprint density at radius 3 is 2.10 bits per heavy atom. The number of allylic oxidation sites excluding steroid dienone is 2. The van der Waals surface area contributed by atoms with Crippen molar-refractivity contribution in [3.05, 3.63) is 11.6 Å². The number of carbonyl (C=O) groups excluding carboxylic acids is 1. The third-order valence-electron chi connectivity index (χ3n) is 4.41. The molecule has 0 aliphatic heterocycles. The molecule has 1 aliphatic carbocycles. The molecule has 0 spiro atoms. The minimum atomic E-state index is 0.429. The largest absolute Gasteiger partial charge is 0.295 e. The predicted octanol–water partition coefficient (Wildman–Crippen LogP) is 6.37. The molecular weight excluding hydrogens is 244 g/mol. The molecule has 0 atom stereocenters. The molecule has 0 aromatic heterocycles. The lowest BCUT2D eigenvalue weighted by molar-refractivity contribution is -0.115. The zero-order valence-corrected chi connectivity index (χ0v) is 13.6. The first kappa shape index (κ1) is 17.5. The Morgan fingerprint density at radius 2 is 1.45 bits per heavy atom. The standard InChI is InChI=1S/C19H34O/c1-2-3-4-5-6-7-8-9-10-12-15-18-16-13-11-14-17-19(18)20/h16H,2-15,17H2,1H3. The average molecular weight is 278 g/mol. The van der Waals surface area contributed by atoms with Crippen LogP contribution in [0.2, 0.25) is 0 Å². The summed E-state index contributed by atoms with van der Waals surface area (Å²) in [6.07, 6.45) is 21.2. The third kappa shape index (κ3) is 8.55. The summed E-state index contributed by atoms with van der Waals surface area (Å²) in [5.41, 5.74) is 1.14. The van der Waals surface area contributed by atoms with Gasteiger partial charge in [0.25, 0.3) is 0 Å². The number of hydrogen-bond donors (Lipinski definition) is 0. The number of rotatable bonds is 11. The monoisotopic (exact) mass is 278 g/mol. The van der Waals surface area contributed by atoms with Gasteiger partial charge >= 0.3 is 0 Å². The normalized spacial score (nSPS) is 16.1. The van der Waals surface area contributed by atoms with E-state index in [1.165, 1.54) is 70.6 Å². The second-order valence-electron chi connectivity index (χ2n) is 6.33. The van der Waals surface area contributed by atoms with E-state index in [0.717, 1.165) is 31.3 Å². The molecule has 0 saturated carbocycles. The Labute approximate surface area is 126 Å². The topological polar surface area (TPSA) is 17.1 Å². The van der Waals surface area contributed by atoms with Crippen LogP contribution in [0.15, 0.2) is 11.6 Å². The van der Waals surface area contributed by atoms with Crippen LogP contribution < -0.4 is 0 Å². The minimum Gasteiger partial charge on any atom is -0.295 e. The minimum absolute atomic E-state index is 0.429. The van der Waals surface area contributed by atoms with E-state index in [-0.39, 0.29) is 0 Å². The summed E-state index contributed by atoms with van der Waals surface area (Å²) in [6, 6.07) is 0. The van der Waals surface area contributed by atoms with Crippen molar-refractivity contribution in [1.29, 1.82) is 0 Å². The molecule has 0 unspecified atom stereocenters. The highest BCUT2D eigenvalue weighted by Gasteiger charge is 2.11. The van der Waals surface area contributed by atoms with Gasteiger partial charge in [-0.15, -0.1) is 0 Å². The zero-order valence-electron chi connectivity index (χ0n) is 13.6. The van der Waals surface area contributed by atoms with Crippen molar-refractivity contribution < 1.29 is 4.79 Å². The molecule has 0 aromatic rings. The predicted molar refractivity (Wildman–Crippen MR) is 88.0 cm³/mol. The molecule has 0 heterocycles. The number of hydrogen-bond acceptors (Lipinski definition) is 1. The molecule has 1 heteroatoms. The fourth-order valence-corrected chi connectivity index (χ4v) is 3.02. The molecule has 1 rings (SSSR count). The summed E-state index contributed by atoms with van der Waals surface area (Å²) >= 11 is 0. The number of ketones is 1. The summed E-state index contributed by atoms with van der Waals surface area (Å²) in [4.78, 5) is 11.8. The Morgan fingerprint density at radius 1 is 0.850 bits per heavy atom. The van der Waals surface area contributed by atoms with E-state index in [1.807, 2.05) is 0 Å². The molecular formula is C19H34O. The molecule has 0 aromatic carbocycles. The maximum atomic E-state index is 11.8. The fraction of sp³-hybridized carbons (Fsp3) is 0.842. The van der Waals surface area contributed by atoms with E-state index in [2.05, 4.69) is 13.0 Å². The average Bonchev–Trinajstić information content (AvgIpc) is 2.66. The maximum absolute atomic E-state index is 11.8. The van der Waals surface area contributed by atoms with Gasteiger partial charge in [-0.2, -0.15) is 0 Å². The highest BCUT2D eigenvalue weighted by Crippen LogP contribution is 2.20. The van der Waals surface area contributed by atoms with Crippen LogP contribution in [0.4, 0.5) is 0 Å². The lowest BCUT2D eigenvalue weighted by Crippen LogP contribution is -2.00. The van der Waals surface area contributed by atoms with E-state index in [1.54, 1.807) is 0 Å². The Bertz CT molecular complexity index is 277. The first-order valence-corrected chi connectivity index (χ1v) is 9.07. The highest BCUT2D eigenvalue weighted by molar-refractivity contribution is 5.95. The lowest BCUT2D eigenvalue weighted by Gasteiger charge is -2.05. The van der Waals surface area contributed by atoms with Crippen molar-refractivity contribution in [1.82, 2.24) is 0 Å². The van der Waals surface area contributed by atoms with Crippen molar-refractivity contribution >= 4 is 5.78 Å². The second-order valence-corrected chi connectivity index (χ2v) is 6.33. The summed E-state index contributed by atoms with van der Waals surface area (Å²) < 4.78 is 0. The van der Waals surface area contributed by atoms with Gasteiger partial charge in [-0.3, -0.25) is 4.79 Å². The molecule has 0 N–H and O–H groups in total. The van der Waals surface area contributed by atoms with Crippen LogP contribution in [-0.2, 0) is 4.79 Å². The van der Waals surface area contributed by atoms with Gasteiger partial charge in [0.05, 0.1) is 0 Å². The Balaban J connectivity index is 1.91. The molecule has 0 saturated heterocycles. The third-order valence-corrected chi connectivity index (χ3v) is 4.41. The molecule has 116 valence electrons. The quantitative estimate of drug-likeness (QED) is 0.401. The number of unbranched alkanes of at least 4 members (excludes halogenated alkanes) is 9. The second kappa shape index (κ2) is 12.2. The van der Waals surface area contributed by atoms with Crippen molar-refractivity contribution in [3.63, 3.8) is 0 Å². The Kier molecular flexibility index (Phi) is 10.6. The van der Waals surface area contributed by atoms with Crippen LogP contribution in [0.25, 0.3) is 0 Å². The van der Waals surface area contributed by atoms with Crippen LogP contribution in [0.5, 0.6) is 0 Å². The van der Waals surface area contributed by atoms with Gasteiger partial charge in [-0.05, 0) is 37.7 Å². The van der Waals surface area contributed by atoms with Crippen LogP contribution >= 0.6 is 0 Å². The van der Waals surface area contributed by atoms with E-state index in [4.69, 9.17) is 0 Å². The van der Waals surface area contributed by atoms with Gasteiger partial charge in [0.15, 0.2) is 5.78 Å². The number of carbonyl (C=O) groups is 1. The van der Waals surface area contributed by atoms with Crippen molar-refractivity contribution in [2.24, 2.45) is 0 Å².